The molecule has 0 aliphatic carbocycles. The van der Waals surface area contributed by atoms with Crippen LogP contribution in [-0.2, 0) is 6.42 Å². The van der Waals surface area contributed by atoms with Crippen LogP contribution in [-0.4, -0.2) is 11.5 Å². The Morgan fingerprint density at radius 1 is 1.24 bits per heavy atom. The normalized spacial score (nSPS) is 10.4. The molecule has 0 bridgehead atoms. The third kappa shape index (κ3) is 4.06. The molecule has 6 heteroatoms. The Balaban J connectivity index is 2.07. The molecule has 2 nitrogen and oxygen atoms in total. The highest BCUT2D eigenvalue weighted by Gasteiger charge is 2.10. The minimum atomic E-state index is -0.433. The number of rotatable bonds is 5. The van der Waals surface area contributed by atoms with Crippen molar-refractivity contribution in [2.24, 2.45) is 5.73 Å². The molecule has 0 saturated carbocycles. The standard InChI is InChI=1S/C15H13Cl2FN2S/c16-10-5-4-9(11(17)8-10)6-7-20-13-3-1-2-12(18)14(13)15(19)21/h1-5,8,20H,6-7H2,(H2,19,21). The van der Waals surface area contributed by atoms with Crippen LogP contribution < -0.4 is 11.1 Å². The summed E-state index contributed by atoms with van der Waals surface area (Å²) in [5.41, 5.74) is 7.32. The van der Waals surface area contributed by atoms with E-state index in [1.165, 1.54) is 6.07 Å². The molecule has 3 N–H and O–H groups in total. The highest BCUT2D eigenvalue weighted by atomic mass is 35.5. The molecule has 0 aliphatic rings. The molecule has 2 aromatic carbocycles. The number of thiocarbonyl (C=S) groups is 1. The van der Waals surface area contributed by atoms with Crippen molar-refractivity contribution in [3.8, 4) is 0 Å². The van der Waals surface area contributed by atoms with Crippen molar-refractivity contribution in [1.29, 1.82) is 0 Å². The summed E-state index contributed by atoms with van der Waals surface area (Å²) < 4.78 is 13.7. The number of hydrogen-bond donors (Lipinski definition) is 2. The first-order valence-corrected chi connectivity index (χ1v) is 7.41. The first kappa shape index (κ1) is 16.0. The molecule has 2 rings (SSSR count). The second kappa shape index (κ2) is 7.07. The van der Waals surface area contributed by atoms with Crippen molar-refractivity contribution in [3.05, 3.63) is 63.4 Å². The predicted molar refractivity (Wildman–Crippen MR) is 90.9 cm³/mol. The van der Waals surface area contributed by atoms with Gasteiger partial charge in [-0.25, -0.2) is 4.39 Å². The van der Waals surface area contributed by atoms with E-state index in [1.54, 1.807) is 24.3 Å². The predicted octanol–water partition coefficient (Wildman–Crippen LogP) is 4.42. The van der Waals surface area contributed by atoms with E-state index in [0.717, 1.165) is 5.56 Å². The van der Waals surface area contributed by atoms with E-state index >= 15 is 0 Å². The largest absolute Gasteiger partial charge is 0.389 e. The smallest absolute Gasteiger partial charge is 0.135 e. The molecule has 0 aliphatic heterocycles. The third-order valence-corrected chi connectivity index (χ3v) is 3.78. The van der Waals surface area contributed by atoms with Gasteiger partial charge in [0.1, 0.15) is 10.8 Å². The Kier molecular flexibility index (Phi) is 5.39. The molecular formula is C15H13Cl2FN2S. The molecule has 0 radical (unpaired) electrons. The fourth-order valence-electron chi connectivity index (χ4n) is 1.98. The van der Waals surface area contributed by atoms with E-state index < -0.39 is 5.82 Å². The van der Waals surface area contributed by atoms with Crippen LogP contribution in [0.1, 0.15) is 11.1 Å². The van der Waals surface area contributed by atoms with Crippen LogP contribution >= 0.6 is 35.4 Å². The highest BCUT2D eigenvalue weighted by Crippen LogP contribution is 2.22. The maximum atomic E-state index is 13.7. The van der Waals surface area contributed by atoms with E-state index in [1.807, 2.05) is 6.07 Å². The van der Waals surface area contributed by atoms with Crippen LogP contribution in [0.25, 0.3) is 0 Å². The van der Waals surface area contributed by atoms with Gasteiger partial charge < -0.3 is 11.1 Å². The van der Waals surface area contributed by atoms with E-state index in [2.05, 4.69) is 5.32 Å². The van der Waals surface area contributed by atoms with Gasteiger partial charge in [-0.3, -0.25) is 0 Å². The summed E-state index contributed by atoms with van der Waals surface area (Å²) in [4.78, 5) is 0.0279. The van der Waals surface area contributed by atoms with Gasteiger partial charge in [0.2, 0.25) is 0 Å². The second-order valence-corrected chi connectivity index (χ2v) is 5.72. The minimum absolute atomic E-state index is 0.0279. The first-order chi connectivity index (χ1) is 9.99. The summed E-state index contributed by atoms with van der Waals surface area (Å²) in [6.07, 6.45) is 0.670. The quantitative estimate of drug-likeness (QED) is 0.789. The van der Waals surface area contributed by atoms with E-state index in [0.29, 0.717) is 28.7 Å². The Bertz CT molecular complexity index is 677. The molecule has 0 fully saturated rings. The summed E-state index contributed by atoms with van der Waals surface area (Å²) in [6.45, 7) is 0.570. The average molecular weight is 343 g/mol. The fraction of sp³-hybridized carbons (Fsp3) is 0.133. The third-order valence-electron chi connectivity index (χ3n) is 2.98. The number of anilines is 1. The van der Waals surface area contributed by atoms with Crippen molar-refractivity contribution in [2.75, 3.05) is 11.9 Å². The fourth-order valence-corrected chi connectivity index (χ4v) is 2.69. The van der Waals surface area contributed by atoms with Crippen LogP contribution in [0.4, 0.5) is 10.1 Å². The Labute approximate surface area is 138 Å². The minimum Gasteiger partial charge on any atom is -0.389 e. The summed E-state index contributed by atoms with van der Waals surface area (Å²) in [5.74, 6) is -0.433. The van der Waals surface area contributed by atoms with Gasteiger partial charge in [0.15, 0.2) is 0 Å². The van der Waals surface area contributed by atoms with Crippen LogP contribution in [0.2, 0.25) is 10.0 Å². The lowest BCUT2D eigenvalue weighted by Crippen LogP contribution is -2.16. The van der Waals surface area contributed by atoms with Crippen LogP contribution in [0.5, 0.6) is 0 Å². The molecular weight excluding hydrogens is 330 g/mol. The molecule has 0 heterocycles. The monoisotopic (exact) mass is 342 g/mol. The number of hydrogen-bond acceptors (Lipinski definition) is 2. The van der Waals surface area contributed by atoms with Gasteiger partial charge in [0.05, 0.1) is 5.56 Å². The van der Waals surface area contributed by atoms with Crippen molar-refractivity contribution >= 4 is 46.1 Å². The number of nitrogens with one attached hydrogen (secondary N) is 1. The summed E-state index contributed by atoms with van der Waals surface area (Å²) >= 11 is 16.8. The van der Waals surface area contributed by atoms with Crippen LogP contribution in [0.15, 0.2) is 36.4 Å². The Hall–Kier alpha value is -1.36. The number of halogens is 3. The van der Waals surface area contributed by atoms with Crippen molar-refractivity contribution in [3.63, 3.8) is 0 Å². The molecule has 110 valence electrons. The van der Waals surface area contributed by atoms with Crippen molar-refractivity contribution in [1.82, 2.24) is 0 Å². The average Bonchev–Trinajstić information content (AvgIpc) is 2.41. The highest BCUT2D eigenvalue weighted by molar-refractivity contribution is 7.80. The molecule has 21 heavy (non-hydrogen) atoms. The molecule has 0 unspecified atom stereocenters. The zero-order valence-electron chi connectivity index (χ0n) is 11.0. The maximum Gasteiger partial charge on any atom is 0.135 e. The lowest BCUT2D eigenvalue weighted by Gasteiger charge is -2.12. The van der Waals surface area contributed by atoms with Crippen LogP contribution in [0, 0.1) is 5.82 Å². The van der Waals surface area contributed by atoms with Crippen molar-refractivity contribution in [2.45, 2.75) is 6.42 Å². The molecule has 2 aromatic rings. The molecule has 0 atom stereocenters. The van der Waals surface area contributed by atoms with E-state index in [9.17, 15) is 4.39 Å². The second-order valence-electron chi connectivity index (χ2n) is 4.44. The molecule has 0 saturated heterocycles. The maximum absolute atomic E-state index is 13.7. The van der Waals surface area contributed by atoms with E-state index in [-0.39, 0.29) is 10.6 Å². The zero-order chi connectivity index (χ0) is 15.4. The SMILES string of the molecule is NC(=S)c1c(F)cccc1NCCc1ccc(Cl)cc1Cl. The number of nitrogens with two attached hydrogens (primary N) is 1. The van der Waals surface area contributed by atoms with Gasteiger partial charge in [0, 0.05) is 22.3 Å². The molecule has 0 amide bonds. The summed E-state index contributed by atoms with van der Waals surface area (Å²) in [6, 6.07) is 10.0. The Morgan fingerprint density at radius 2 is 2.00 bits per heavy atom. The van der Waals surface area contributed by atoms with Gasteiger partial charge in [-0.05, 0) is 36.2 Å². The van der Waals surface area contributed by atoms with Gasteiger partial charge in [-0.1, -0.05) is 47.6 Å². The number of benzene rings is 2. The first-order valence-electron chi connectivity index (χ1n) is 6.25. The molecule has 0 spiro atoms. The van der Waals surface area contributed by atoms with E-state index in [4.69, 9.17) is 41.2 Å². The zero-order valence-corrected chi connectivity index (χ0v) is 13.3. The van der Waals surface area contributed by atoms with Gasteiger partial charge in [-0.15, -0.1) is 0 Å². The topological polar surface area (TPSA) is 38.0 Å². The van der Waals surface area contributed by atoms with Crippen LogP contribution in [0.3, 0.4) is 0 Å². The van der Waals surface area contributed by atoms with Gasteiger partial charge >= 0.3 is 0 Å². The summed E-state index contributed by atoms with van der Waals surface area (Å²) in [5, 5.41) is 4.33. The van der Waals surface area contributed by atoms with Gasteiger partial charge in [-0.2, -0.15) is 0 Å². The molecule has 0 aromatic heterocycles. The summed E-state index contributed by atoms with van der Waals surface area (Å²) in [7, 11) is 0. The van der Waals surface area contributed by atoms with Gasteiger partial charge in [0.25, 0.3) is 0 Å². The van der Waals surface area contributed by atoms with Crippen molar-refractivity contribution < 1.29 is 4.39 Å². The Morgan fingerprint density at radius 3 is 2.67 bits per heavy atom. The lowest BCUT2D eigenvalue weighted by atomic mass is 10.1. The lowest BCUT2D eigenvalue weighted by molar-refractivity contribution is 0.626.